The van der Waals surface area contributed by atoms with Crippen LogP contribution in [0.1, 0.15) is 19.8 Å². The lowest BCUT2D eigenvalue weighted by atomic mass is 10.0. The van der Waals surface area contributed by atoms with Crippen LogP contribution in [0.15, 0.2) is 5.16 Å². The van der Waals surface area contributed by atoms with Gasteiger partial charge < -0.3 is 15.8 Å². The topological polar surface area (TPSA) is 78.9 Å². The standard InChI is InChI=1S/C9H16F3N3O2/c1-3-4-6(7(13)14-17)8(16)15(2)5-9(10,11)12/h6,17H,3-5H2,1-2H3,(H2,13,14). The van der Waals surface area contributed by atoms with E-state index in [0.717, 1.165) is 7.05 Å². The van der Waals surface area contributed by atoms with Crippen LogP contribution >= 0.6 is 0 Å². The third-order valence-electron chi connectivity index (χ3n) is 2.14. The van der Waals surface area contributed by atoms with Crippen molar-refractivity contribution in [1.82, 2.24) is 4.90 Å². The van der Waals surface area contributed by atoms with E-state index >= 15 is 0 Å². The van der Waals surface area contributed by atoms with E-state index in [1.54, 1.807) is 6.92 Å². The zero-order valence-electron chi connectivity index (χ0n) is 9.66. The number of hydrogen-bond donors (Lipinski definition) is 2. The number of nitrogens with two attached hydrogens (primary N) is 1. The van der Waals surface area contributed by atoms with E-state index in [1.807, 2.05) is 0 Å². The molecule has 0 fully saturated rings. The first-order valence-electron chi connectivity index (χ1n) is 5.02. The minimum Gasteiger partial charge on any atom is -0.409 e. The van der Waals surface area contributed by atoms with E-state index in [1.165, 1.54) is 0 Å². The third-order valence-corrected chi connectivity index (χ3v) is 2.14. The largest absolute Gasteiger partial charge is 0.409 e. The maximum Gasteiger partial charge on any atom is 0.406 e. The van der Waals surface area contributed by atoms with Crippen molar-refractivity contribution < 1.29 is 23.2 Å². The molecule has 0 radical (unpaired) electrons. The van der Waals surface area contributed by atoms with E-state index in [2.05, 4.69) is 5.16 Å². The predicted molar refractivity (Wildman–Crippen MR) is 55.5 cm³/mol. The quantitative estimate of drug-likeness (QED) is 0.335. The summed E-state index contributed by atoms with van der Waals surface area (Å²) in [6, 6.07) is 0. The molecule has 0 rings (SSSR count). The fourth-order valence-corrected chi connectivity index (χ4v) is 1.37. The van der Waals surface area contributed by atoms with Crippen molar-refractivity contribution in [3.8, 4) is 0 Å². The van der Waals surface area contributed by atoms with Gasteiger partial charge in [0.15, 0.2) is 5.84 Å². The van der Waals surface area contributed by atoms with Crippen LogP contribution in [-0.2, 0) is 4.79 Å². The number of hydrogen-bond acceptors (Lipinski definition) is 3. The van der Waals surface area contributed by atoms with Crippen LogP contribution < -0.4 is 5.73 Å². The number of carbonyl (C=O) groups is 1. The van der Waals surface area contributed by atoms with E-state index in [-0.39, 0.29) is 12.3 Å². The number of amidine groups is 1. The molecular weight excluding hydrogens is 239 g/mol. The molecule has 0 aliphatic heterocycles. The van der Waals surface area contributed by atoms with Crippen LogP contribution in [0.3, 0.4) is 0 Å². The van der Waals surface area contributed by atoms with Crippen molar-refractivity contribution in [2.24, 2.45) is 16.8 Å². The molecule has 5 nitrogen and oxygen atoms in total. The Labute approximate surface area is 97.1 Å². The molecule has 8 heteroatoms. The highest BCUT2D eigenvalue weighted by molar-refractivity contribution is 6.01. The maximum atomic E-state index is 12.1. The molecule has 0 saturated carbocycles. The SMILES string of the molecule is CCCC(C(=O)N(C)CC(F)(F)F)C(N)=NO. The van der Waals surface area contributed by atoms with Crippen molar-refractivity contribution in [3.63, 3.8) is 0 Å². The summed E-state index contributed by atoms with van der Waals surface area (Å²) < 4.78 is 36.3. The van der Waals surface area contributed by atoms with Gasteiger partial charge >= 0.3 is 6.18 Å². The highest BCUT2D eigenvalue weighted by Gasteiger charge is 2.34. The summed E-state index contributed by atoms with van der Waals surface area (Å²) in [5, 5.41) is 11.1. The van der Waals surface area contributed by atoms with Crippen LogP contribution in [0.4, 0.5) is 13.2 Å². The lowest BCUT2D eigenvalue weighted by Gasteiger charge is -2.23. The molecule has 0 spiro atoms. The van der Waals surface area contributed by atoms with Gasteiger partial charge in [-0.15, -0.1) is 0 Å². The summed E-state index contributed by atoms with van der Waals surface area (Å²) in [5.41, 5.74) is 5.28. The van der Waals surface area contributed by atoms with Gasteiger partial charge in [-0.1, -0.05) is 18.5 Å². The van der Waals surface area contributed by atoms with Gasteiger partial charge in [-0.05, 0) is 6.42 Å². The molecule has 17 heavy (non-hydrogen) atoms. The van der Waals surface area contributed by atoms with Crippen molar-refractivity contribution in [1.29, 1.82) is 0 Å². The Morgan fingerprint density at radius 2 is 2.06 bits per heavy atom. The summed E-state index contributed by atoms with van der Waals surface area (Å²) in [5.74, 6) is -2.19. The minimum atomic E-state index is -4.47. The van der Waals surface area contributed by atoms with Gasteiger partial charge in [-0.25, -0.2) is 0 Å². The molecule has 0 heterocycles. The van der Waals surface area contributed by atoms with E-state index < -0.39 is 24.5 Å². The number of halogens is 3. The fraction of sp³-hybridized carbons (Fsp3) is 0.778. The van der Waals surface area contributed by atoms with Crippen LogP contribution in [0.5, 0.6) is 0 Å². The highest BCUT2D eigenvalue weighted by Crippen LogP contribution is 2.18. The number of oxime groups is 1. The van der Waals surface area contributed by atoms with Crippen LogP contribution in [0, 0.1) is 5.92 Å². The zero-order chi connectivity index (χ0) is 13.6. The first kappa shape index (κ1) is 15.5. The monoisotopic (exact) mass is 255 g/mol. The molecule has 0 aromatic carbocycles. The number of rotatable bonds is 5. The van der Waals surface area contributed by atoms with Gasteiger partial charge in [0.1, 0.15) is 6.54 Å². The molecule has 0 bridgehead atoms. The summed E-state index contributed by atoms with van der Waals surface area (Å²) in [6.07, 6.45) is -3.70. The molecule has 0 aromatic rings. The van der Waals surface area contributed by atoms with Gasteiger partial charge in [0.05, 0.1) is 5.92 Å². The number of amides is 1. The lowest BCUT2D eigenvalue weighted by Crippen LogP contribution is -2.43. The first-order valence-corrected chi connectivity index (χ1v) is 5.02. The Morgan fingerprint density at radius 3 is 2.41 bits per heavy atom. The van der Waals surface area contributed by atoms with Gasteiger partial charge in [0.25, 0.3) is 0 Å². The summed E-state index contributed by atoms with van der Waals surface area (Å²) in [6.45, 7) is 0.388. The van der Waals surface area contributed by atoms with Crippen molar-refractivity contribution in [3.05, 3.63) is 0 Å². The number of nitrogens with zero attached hydrogens (tertiary/aromatic N) is 2. The van der Waals surface area contributed by atoms with Crippen molar-refractivity contribution in [2.75, 3.05) is 13.6 Å². The molecule has 0 saturated heterocycles. The smallest absolute Gasteiger partial charge is 0.406 e. The van der Waals surface area contributed by atoms with E-state index in [4.69, 9.17) is 10.9 Å². The summed E-state index contributed by atoms with van der Waals surface area (Å²) in [7, 11) is 1.03. The van der Waals surface area contributed by atoms with Gasteiger partial charge in [0.2, 0.25) is 5.91 Å². The Kier molecular flexibility index (Phi) is 5.77. The summed E-state index contributed by atoms with van der Waals surface area (Å²) >= 11 is 0. The second-order valence-electron chi connectivity index (χ2n) is 3.68. The Bertz CT molecular complexity index is 292. The average Bonchev–Trinajstić information content (AvgIpc) is 2.21. The second kappa shape index (κ2) is 6.31. The number of carbonyl (C=O) groups excluding carboxylic acids is 1. The van der Waals surface area contributed by atoms with Gasteiger partial charge in [0, 0.05) is 7.05 Å². The Morgan fingerprint density at radius 1 is 1.53 bits per heavy atom. The first-order chi connectivity index (χ1) is 7.72. The lowest BCUT2D eigenvalue weighted by molar-refractivity contribution is -0.159. The van der Waals surface area contributed by atoms with Gasteiger partial charge in [-0.3, -0.25) is 4.79 Å². The van der Waals surface area contributed by atoms with Crippen LogP contribution in [0.2, 0.25) is 0 Å². The Hall–Kier alpha value is -1.47. The van der Waals surface area contributed by atoms with Gasteiger partial charge in [-0.2, -0.15) is 13.2 Å². The molecule has 100 valence electrons. The van der Waals surface area contributed by atoms with E-state index in [9.17, 15) is 18.0 Å². The zero-order valence-corrected chi connectivity index (χ0v) is 9.66. The third kappa shape index (κ3) is 5.41. The maximum absolute atomic E-state index is 12.1. The average molecular weight is 255 g/mol. The second-order valence-corrected chi connectivity index (χ2v) is 3.68. The van der Waals surface area contributed by atoms with Crippen molar-refractivity contribution >= 4 is 11.7 Å². The molecule has 1 atom stereocenters. The van der Waals surface area contributed by atoms with Crippen molar-refractivity contribution in [2.45, 2.75) is 25.9 Å². The highest BCUT2D eigenvalue weighted by atomic mass is 19.4. The van der Waals surface area contributed by atoms with Crippen LogP contribution in [0.25, 0.3) is 0 Å². The van der Waals surface area contributed by atoms with Crippen LogP contribution in [-0.4, -0.2) is 41.6 Å². The van der Waals surface area contributed by atoms with E-state index in [0.29, 0.717) is 11.3 Å². The Balaban J connectivity index is 4.73. The molecule has 1 unspecified atom stereocenters. The molecular formula is C9H16F3N3O2. The fourth-order valence-electron chi connectivity index (χ4n) is 1.37. The summed E-state index contributed by atoms with van der Waals surface area (Å²) in [4.78, 5) is 12.2. The predicted octanol–water partition coefficient (Wildman–Crippen LogP) is 1.17. The molecule has 0 aliphatic rings. The minimum absolute atomic E-state index is 0.233. The molecule has 1 amide bonds. The molecule has 0 aliphatic carbocycles. The molecule has 0 aromatic heterocycles. The number of alkyl halides is 3. The normalized spacial score (nSPS) is 14.5. The molecule has 3 N–H and O–H groups in total.